The number of rotatable bonds is 6. The SMILES string of the molecule is O=C(NCCc1ccccc1)C(=O)N/N=C/c1ccc(-c2cc(Cl)cc(Cl)c2)o1. The van der Waals surface area contributed by atoms with E-state index in [1.807, 2.05) is 30.3 Å². The molecule has 0 aliphatic carbocycles. The lowest BCUT2D eigenvalue weighted by Crippen LogP contribution is -2.38. The van der Waals surface area contributed by atoms with E-state index in [9.17, 15) is 9.59 Å². The first-order chi connectivity index (χ1) is 14.0. The fraction of sp³-hybridized carbons (Fsp3) is 0.0952. The second-order valence-corrected chi connectivity index (χ2v) is 6.92. The Morgan fingerprint density at radius 2 is 1.69 bits per heavy atom. The zero-order chi connectivity index (χ0) is 20.6. The number of halogens is 2. The van der Waals surface area contributed by atoms with Crippen LogP contribution in [-0.2, 0) is 16.0 Å². The third-order valence-corrected chi connectivity index (χ3v) is 4.32. The summed E-state index contributed by atoms with van der Waals surface area (Å²) >= 11 is 12.0. The van der Waals surface area contributed by atoms with Crippen molar-refractivity contribution in [3.8, 4) is 11.3 Å². The molecule has 2 aromatic carbocycles. The largest absolute Gasteiger partial charge is 0.455 e. The van der Waals surface area contributed by atoms with Crippen LogP contribution in [0.5, 0.6) is 0 Å². The highest BCUT2D eigenvalue weighted by molar-refractivity contribution is 6.35. The van der Waals surface area contributed by atoms with Gasteiger partial charge in [0, 0.05) is 22.2 Å². The number of amides is 2. The van der Waals surface area contributed by atoms with Crippen LogP contribution < -0.4 is 10.7 Å². The number of nitrogens with zero attached hydrogens (tertiary/aromatic N) is 1. The summed E-state index contributed by atoms with van der Waals surface area (Å²) in [5.41, 5.74) is 3.95. The highest BCUT2D eigenvalue weighted by atomic mass is 35.5. The number of hydrogen-bond donors (Lipinski definition) is 2. The fourth-order valence-electron chi connectivity index (χ4n) is 2.52. The van der Waals surface area contributed by atoms with Crippen molar-refractivity contribution in [2.75, 3.05) is 6.54 Å². The number of furan rings is 1. The summed E-state index contributed by atoms with van der Waals surface area (Å²) in [6.07, 6.45) is 1.93. The molecule has 29 heavy (non-hydrogen) atoms. The third kappa shape index (κ3) is 6.20. The van der Waals surface area contributed by atoms with E-state index in [1.165, 1.54) is 6.21 Å². The molecule has 2 N–H and O–H groups in total. The fourth-order valence-corrected chi connectivity index (χ4v) is 3.05. The molecule has 3 aromatic rings. The molecule has 0 unspecified atom stereocenters. The van der Waals surface area contributed by atoms with Crippen LogP contribution in [0.1, 0.15) is 11.3 Å². The van der Waals surface area contributed by atoms with Crippen LogP contribution in [0.3, 0.4) is 0 Å². The number of hydrazone groups is 1. The number of benzene rings is 2. The number of carbonyl (C=O) groups is 2. The Morgan fingerprint density at radius 3 is 2.41 bits per heavy atom. The lowest BCUT2D eigenvalue weighted by atomic mass is 10.1. The van der Waals surface area contributed by atoms with Crippen LogP contribution in [-0.4, -0.2) is 24.6 Å². The average molecular weight is 430 g/mol. The van der Waals surface area contributed by atoms with Crippen LogP contribution in [0.2, 0.25) is 10.0 Å². The maximum absolute atomic E-state index is 11.8. The average Bonchev–Trinajstić information content (AvgIpc) is 3.17. The van der Waals surface area contributed by atoms with Crippen LogP contribution >= 0.6 is 23.2 Å². The number of carbonyl (C=O) groups excluding carboxylic acids is 2. The summed E-state index contributed by atoms with van der Waals surface area (Å²) in [7, 11) is 0. The van der Waals surface area contributed by atoms with Gasteiger partial charge in [-0.25, -0.2) is 5.43 Å². The van der Waals surface area contributed by atoms with Gasteiger partial charge >= 0.3 is 11.8 Å². The summed E-state index contributed by atoms with van der Waals surface area (Å²) < 4.78 is 5.62. The summed E-state index contributed by atoms with van der Waals surface area (Å²) in [4.78, 5) is 23.6. The van der Waals surface area contributed by atoms with Crippen LogP contribution in [0, 0.1) is 0 Å². The van der Waals surface area contributed by atoms with Crippen LogP contribution in [0.25, 0.3) is 11.3 Å². The van der Waals surface area contributed by atoms with Crippen molar-refractivity contribution in [2.45, 2.75) is 6.42 Å². The monoisotopic (exact) mass is 429 g/mol. The first-order valence-corrected chi connectivity index (χ1v) is 9.48. The number of nitrogens with one attached hydrogen (secondary N) is 2. The second-order valence-electron chi connectivity index (χ2n) is 6.05. The third-order valence-electron chi connectivity index (χ3n) is 3.88. The maximum atomic E-state index is 11.8. The van der Waals surface area contributed by atoms with Gasteiger partial charge in [0.15, 0.2) is 0 Å². The molecule has 6 nitrogen and oxygen atoms in total. The molecule has 3 rings (SSSR count). The van der Waals surface area contributed by atoms with Gasteiger partial charge in [-0.2, -0.15) is 5.10 Å². The number of hydrogen-bond acceptors (Lipinski definition) is 4. The van der Waals surface area contributed by atoms with Crippen molar-refractivity contribution in [1.82, 2.24) is 10.7 Å². The highest BCUT2D eigenvalue weighted by Gasteiger charge is 2.12. The first-order valence-electron chi connectivity index (χ1n) is 8.73. The summed E-state index contributed by atoms with van der Waals surface area (Å²) in [5, 5.41) is 7.26. The minimum absolute atomic E-state index is 0.351. The van der Waals surface area contributed by atoms with E-state index in [2.05, 4.69) is 15.8 Å². The van der Waals surface area contributed by atoms with Gasteiger partial charge in [0.2, 0.25) is 0 Å². The normalized spacial score (nSPS) is 10.8. The Morgan fingerprint density at radius 1 is 0.966 bits per heavy atom. The lowest BCUT2D eigenvalue weighted by Gasteiger charge is -2.04. The van der Waals surface area contributed by atoms with E-state index >= 15 is 0 Å². The minimum atomic E-state index is -0.859. The lowest BCUT2D eigenvalue weighted by molar-refractivity contribution is -0.139. The van der Waals surface area contributed by atoms with E-state index in [1.54, 1.807) is 30.3 Å². The summed E-state index contributed by atoms with van der Waals surface area (Å²) in [6, 6.07) is 18.1. The van der Waals surface area contributed by atoms with Gasteiger partial charge in [0.1, 0.15) is 11.5 Å². The van der Waals surface area contributed by atoms with Crippen LogP contribution in [0.15, 0.2) is 70.2 Å². The van der Waals surface area contributed by atoms with Gasteiger partial charge in [0.25, 0.3) is 0 Å². The van der Waals surface area contributed by atoms with E-state index in [-0.39, 0.29) is 0 Å². The molecule has 0 saturated heterocycles. The zero-order valence-electron chi connectivity index (χ0n) is 15.2. The van der Waals surface area contributed by atoms with Crippen LogP contribution in [0.4, 0.5) is 0 Å². The van der Waals surface area contributed by atoms with Crippen molar-refractivity contribution >= 4 is 41.2 Å². The van der Waals surface area contributed by atoms with E-state index in [0.29, 0.717) is 40.1 Å². The van der Waals surface area contributed by atoms with Crippen molar-refractivity contribution < 1.29 is 14.0 Å². The van der Waals surface area contributed by atoms with Crippen molar-refractivity contribution in [3.63, 3.8) is 0 Å². The molecule has 0 atom stereocenters. The van der Waals surface area contributed by atoms with Gasteiger partial charge in [-0.1, -0.05) is 53.5 Å². The Balaban J connectivity index is 1.48. The quantitative estimate of drug-likeness (QED) is 0.352. The molecule has 2 amide bonds. The molecular formula is C21H17Cl2N3O3. The molecular weight excluding hydrogens is 413 g/mol. The summed E-state index contributed by atoms with van der Waals surface area (Å²) in [6.45, 7) is 0.351. The van der Waals surface area contributed by atoms with E-state index in [0.717, 1.165) is 5.56 Å². The molecule has 0 aliphatic rings. The summed E-state index contributed by atoms with van der Waals surface area (Å²) in [5.74, 6) is -0.684. The Labute approximate surface area is 177 Å². The topological polar surface area (TPSA) is 83.7 Å². The Hall–Kier alpha value is -3.09. The predicted octanol–water partition coefficient (Wildman–Crippen LogP) is 4.06. The van der Waals surface area contributed by atoms with Gasteiger partial charge in [-0.3, -0.25) is 9.59 Å². The maximum Gasteiger partial charge on any atom is 0.329 e. The smallest absolute Gasteiger partial charge is 0.329 e. The molecule has 0 saturated carbocycles. The second kappa shape index (κ2) is 9.91. The van der Waals surface area contributed by atoms with Gasteiger partial charge < -0.3 is 9.73 Å². The zero-order valence-corrected chi connectivity index (χ0v) is 16.7. The van der Waals surface area contributed by atoms with E-state index < -0.39 is 11.8 Å². The molecule has 148 valence electrons. The molecule has 0 radical (unpaired) electrons. The molecule has 0 spiro atoms. The molecule has 8 heteroatoms. The molecule has 0 aliphatic heterocycles. The Bertz CT molecular complexity index is 1010. The van der Waals surface area contributed by atoms with Gasteiger partial charge in [-0.05, 0) is 42.3 Å². The minimum Gasteiger partial charge on any atom is -0.455 e. The first kappa shape index (κ1) is 20.6. The van der Waals surface area contributed by atoms with Gasteiger partial charge in [-0.15, -0.1) is 0 Å². The van der Waals surface area contributed by atoms with E-state index in [4.69, 9.17) is 27.6 Å². The molecule has 1 aromatic heterocycles. The van der Waals surface area contributed by atoms with Crippen molar-refractivity contribution in [3.05, 3.63) is 82.0 Å². The molecule has 0 fully saturated rings. The highest BCUT2D eigenvalue weighted by Crippen LogP contribution is 2.28. The van der Waals surface area contributed by atoms with Gasteiger partial charge in [0.05, 0.1) is 6.21 Å². The Kier molecular flexibility index (Phi) is 7.05. The molecule has 1 heterocycles. The van der Waals surface area contributed by atoms with Crippen molar-refractivity contribution in [2.24, 2.45) is 5.10 Å². The van der Waals surface area contributed by atoms with Crippen molar-refractivity contribution in [1.29, 1.82) is 0 Å². The predicted molar refractivity (Wildman–Crippen MR) is 113 cm³/mol. The molecule has 0 bridgehead atoms. The standard InChI is InChI=1S/C21H17Cl2N3O3/c22-16-10-15(11-17(23)12-16)19-7-6-18(29-19)13-25-26-21(28)20(27)24-9-8-14-4-2-1-3-5-14/h1-7,10-13H,8-9H2,(H,24,27)(H,26,28)/b25-13+.